The molecule has 43 heavy (non-hydrogen) atoms. The van der Waals surface area contributed by atoms with Gasteiger partial charge in [-0.15, -0.1) is 0 Å². The lowest BCUT2D eigenvalue weighted by Gasteiger charge is -2.32. The first kappa shape index (κ1) is 35.9. The number of aliphatic imine (C=N–C) groups is 1. The van der Waals surface area contributed by atoms with Gasteiger partial charge in [0.15, 0.2) is 5.90 Å². The molecule has 0 radical (unpaired) electrons. The van der Waals surface area contributed by atoms with E-state index in [1.807, 2.05) is 41.5 Å². The average molecular weight is 667 g/mol. The molecule has 2 aromatic rings. The van der Waals surface area contributed by atoms with E-state index in [4.69, 9.17) is 46.2 Å². The second-order valence-electron chi connectivity index (χ2n) is 12.6. The number of nitrogens with zero attached hydrogens (tertiary/aromatic N) is 1. The number of ether oxygens (including phenoxy) is 2. The molecule has 240 valence electrons. The highest BCUT2D eigenvalue weighted by Gasteiger charge is 2.39. The van der Waals surface area contributed by atoms with Crippen LogP contribution < -0.4 is 4.74 Å². The normalized spacial score (nSPS) is 17.7. The fraction of sp³-hybridized carbons (Fsp3) is 0.581. The van der Waals surface area contributed by atoms with Crippen molar-refractivity contribution in [3.63, 3.8) is 0 Å². The Labute approximate surface area is 264 Å². The summed E-state index contributed by atoms with van der Waals surface area (Å²) in [6, 6.07) is 9.29. The van der Waals surface area contributed by atoms with Crippen LogP contribution in [-0.2, 0) is 37.3 Å². The molecular formula is C31H41Cl2F3NO5P. The van der Waals surface area contributed by atoms with E-state index in [9.17, 15) is 13.2 Å². The Morgan fingerprint density at radius 2 is 1.63 bits per heavy atom. The van der Waals surface area contributed by atoms with Gasteiger partial charge in [-0.05, 0) is 109 Å². The van der Waals surface area contributed by atoms with E-state index in [2.05, 4.69) is 4.99 Å². The summed E-state index contributed by atoms with van der Waals surface area (Å²) in [6.45, 7) is 13.7. The summed E-state index contributed by atoms with van der Waals surface area (Å²) in [7, 11) is -1.72. The highest BCUT2D eigenvalue weighted by Crippen LogP contribution is 2.48. The van der Waals surface area contributed by atoms with Gasteiger partial charge < -0.3 is 23.0 Å². The Morgan fingerprint density at radius 1 is 0.953 bits per heavy atom. The van der Waals surface area contributed by atoms with Crippen LogP contribution in [0.1, 0.15) is 78.0 Å². The maximum absolute atomic E-state index is 14.0. The molecule has 12 heteroatoms. The fourth-order valence-electron chi connectivity index (χ4n) is 4.24. The first-order valence-corrected chi connectivity index (χ1v) is 16.0. The largest absolute Gasteiger partial charge is 0.493 e. The van der Waals surface area contributed by atoms with Crippen LogP contribution >= 0.6 is 31.8 Å². The number of rotatable bonds is 13. The predicted molar refractivity (Wildman–Crippen MR) is 166 cm³/mol. The molecule has 0 bridgehead atoms. The van der Waals surface area contributed by atoms with E-state index < -0.39 is 37.1 Å². The van der Waals surface area contributed by atoms with E-state index in [1.54, 1.807) is 31.2 Å². The van der Waals surface area contributed by atoms with Gasteiger partial charge in [0.25, 0.3) is 0 Å². The molecule has 1 aliphatic rings. The number of hydrogen-bond acceptors (Lipinski definition) is 6. The Balaban J connectivity index is 1.68. The van der Waals surface area contributed by atoms with Crippen molar-refractivity contribution in [3.8, 4) is 5.75 Å². The predicted octanol–water partition coefficient (Wildman–Crippen LogP) is 10.0. The average Bonchev–Trinajstić information content (AvgIpc) is 3.25. The van der Waals surface area contributed by atoms with Gasteiger partial charge in [-0.2, -0.15) is 13.2 Å². The van der Waals surface area contributed by atoms with Gasteiger partial charge in [-0.25, -0.2) is 4.99 Å². The zero-order valence-electron chi connectivity index (χ0n) is 25.7. The second-order valence-corrected chi connectivity index (χ2v) is 14.5. The first-order chi connectivity index (χ1) is 19.8. The highest BCUT2D eigenvalue weighted by molar-refractivity contribution is 7.41. The zero-order chi connectivity index (χ0) is 32.1. The summed E-state index contributed by atoms with van der Waals surface area (Å²) in [6.07, 6.45) is -2.87. The number of halogens is 5. The molecule has 1 aliphatic heterocycles. The van der Waals surface area contributed by atoms with Crippen LogP contribution in [-0.4, -0.2) is 42.5 Å². The minimum Gasteiger partial charge on any atom is -0.493 e. The molecule has 0 spiro atoms. The van der Waals surface area contributed by atoms with Crippen molar-refractivity contribution in [2.24, 2.45) is 4.99 Å². The summed E-state index contributed by atoms with van der Waals surface area (Å²) >= 11 is 12.2. The molecule has 1 atom stereocenters. The van der Waals surface area contributed by atoms with E-state index in [1.165, 1.54) is 6.07 Å². The van der Waals surface area contributed by atoms with Crippen LogP contribution in [0.3, 0.4) is 0 Å². The topological polar surface area (TPSA) is 58.5 Å². The van der Waals surface area contributed by atoms with Gasteiger partial charge in [0.2, 0.25) is 0 Å². The van der Waals surface area contributed by atoms with Crippen molar-refractivity contribution in [1.29, 1.82) is 0 Å². The van der Waals surface area contributed by atoms with Crippen LogP contribution in [0.25, 0.3) is 0 Å². The minimum absolute atomic E-state index is 0.0906. The van der Waals surface area contributed by atoms with E-state index in [-0.39, 0.29) is 25.6 Å². The van der Waals surface area contributed by atoms with Gasteiger partial charge in [0, 0.05) is 17.0 Å². The van der Waals surface area contributed by atoms with Gasteiger partial charge in [-0.1, -0.05) is 29.3 Å². The molecule has 2 aromatic carbocycles. The molecule has 1 unspecified atom stereocenters. The van der Waals surface area contributed by atoms with Crippen molar-refractivity contribution in [3.05, 3.63) is 63.1 Å². The molecular weight excluding hydrogens is 625 g/mol. The van der Waals surface area contributed by atoms with Crippen LogP contribution in [0.15, 0.2) is 41.4 Å². The molecule has 0 aromatic heterocycles. The molecule has 0 saturated heterocycles. The maximum atomic E-state index is 14.0. The van der Waals surface area contributed by atoms with E-state index in [0.29, 0.717) is 47.2 Å². The van der Waals surface area contributed by atoms with Gasteiger partial charge >= 0.3 is 14.8 Å². The zero-order valence-corrected chi connectivity index (χ0v) is 28.1. The van der Waals surface area contributed by atoms with Crippen LogP contribution in [0, 0.1) is 0 Å². The van der Waals surface area contributed by atoms with Gasteiger partial charge in [0.1, 0.15) is 17.9 Å². The Hall–Kier alpha value is -1.61. The third kappa shape index (κ3) is 12.0. The molecule has 0 amide bonds. The molecule has 0 saturated carbocycles. The van der Waals surface area contributed by atoms with Crippen molar-refractivity contribution >= 4 is 37.7 Å². The number of benzene rings is 2. The number of alkyl halides is 3. The Kier molecular flexibility index (Phi) is 12.2. The lowest BCUT2D eigenvalue weighted by atomic mass is 9.93. The van der Waals surface area contributed by atoms with Crippen LogP contribution in [0.2, 0.25) is 10.0 Å². The summed E-state index contributed by atoms with van der Waals surface area (Å²) in [5.74, 6) is 0.286. The standard InChI is InChI=1S/C31H41Cl2F3NO5P/c1-21-37-30(19-39-21,20-40-43(41-28(2,3)4)42-29(5,6)7)15-14-22-10-13-27(25(17-22)31(34,35)36)38-16-8-9-23-18-24(32)11-12-26(23)33/h10-13,17-18H,8-9,14-16,19-20H2,1-7H3. The Morgan fingerprint density at radius 3 is 2.21 bits per heavy atom. The molecule has 0 N–H and O–H groups in total. The first-order valence-electron chi connectivity index (χ1n) is 14.1. The monoisotopic (exact) mass is 665 g/mol. The van der Waals surface area contributed by atoms with Crippen LogP contribution in [0.5, 0.6) is 5.75 Å². The summed E-state index contributed by atoms with van der Waals surface area (Å²) in [5, 5.41) is 1.10. The van der Waals surface area contributed by atoms with Crippen molar-refractivity contribution in [2.45, 2.75) is 97.1 Å². The van der Waals surface area contributed by atoms with E-state index in [0.717, 1.165) is 11.6 Å². The van der Waals surface area contributed by atoms with Crippen LogP contribution in [0.4, 0.5) is 13.2 Å². The smallest absolute Gasteiger partial charge is 0.419 e. The lowest BCUT2D eigenvalue weighted by Crippen LogP contribution is -2.35. The molecule has 6 nitrogen and oxygen atoms in total. The molecule has 0 fully saturated rings. The fourth-order valence-corrected chi connectivity index (χ4v) is 6.03. The van der Waals surface area contributed by atoms with Crippen molar-refractivity contribution in [1.82, 2.24) is 0 Å². The summed E-state index contributed by atoms with van der Waals surface area (Å²) in [4.78, 5) is 4.68. The third-order valence-corrected chi connectivity index (χ3v) is 8.50. The van der Waals surface area contributed by atoms with E-state index >= 15 is 0 Å². The molecule has 1 heterocycles. The second kappa shape index (κ2) is 14.7. The minimum atomic E-state index is -4.59. The van der Waals surface area contributed by atoms with Gasteiger partial charge in [0.05, 0.1) is 30.0 Å². The highest BCUT2D eigenvalue weighted by atomic mass is 35.5. The number of hydrogen-bond donors (Lipinski definition) is 0. The molecule has 0 aliphatic carbocycles. The Bertz CT molecular complexity index is 1250. The SMILES string of the molecule is CC1=NC(CCc2ccc(OCCCc3cc(Cl)ccc3Cl)c(C(F)(F)F)c2)(COP(OC(C)(C)C)OC(C)(C)C)CO1. The van der Waals surface area contributed by atoms with Gasteiger partial charge in [-0.3, -0.25) is 0 Å². The lowest BCUT2D eigenvalue weighted by molar-refractivity contribution is -0.139. The maximum Gasteiger partial charge on any atom is 0.419 e. The van der Waals surface area contributed by atoms with Crippen molar-refractivity contribution < 1.29 is 36.2 Å². The third-order valence-electron chi connectivity index (χ3n) is 6.16. The quantitative estimate of drug-likeness (QED) is 0.157. The summed E-state index contributed by atoms with van der Waals surface area (Å²) in [5.41, 5.74) is -1.30. The summed E-state index contributed by atoms with van der Waals surface area (Å²) < 4.78 is 71.6. The number of aryl methyl sites for hydroxylation is 2. The molecule has 3 rings (SSSR count). The van der Waals surface area contributed by atoms with Crippen molar-refractivity contribution in [2.75, 3.05) is 19.8 Å².